The summed E-state index contributed by atoms with van der Waals surface area (Å²) in [4.78, 5) is 0. The average Bonchev–Trinajstić information content (AvgIpc) is 2.14. The number of hydrogen-bond donors (Lipinski definition) is 0. The first-order chi connectivity index (χ1) is 6.50. The number of aryl methyl sites for hydroxylation is 1. The number of benzene rings is 1. The fourth-order valence-corrected chi connectivity index (χ4v) is 1.41. The summed E-state index contributed by atoms with van der Waals surface area (Å²) in [5.74, 6) is 0. The van der Waals surface area contributed by atoms with E-state index in [0.29, 0.717) is 0 Å². The van der Waals surface area contributed by atoms with Crippen molar-refractivity contribution >= 4 is 0 Å². The minimum Gasteiger partial charge on any atom is -0.329 e. The normalized spacial score (nSPS) is 14.0. The number of rotatable bonds is 4. The third-order valence-electron chi connectivity index (χ3n) is 3.02. The van der Waals surface area contributed by atoms with Gasteiger partial charge in [-0.1, -0.05) is 30.3 Å². The molecule has 78 valence electrons. The van der Waals surface area contributed by atoms with Crippen LogP contribution in [-0.2, 0) is 6.42 Å². The van der Waals surface area contributed by atoms with Gasteiger partial charge in [-0.25, -0.2) is 0 Å². The summed E-state index contributed by atoms with van der Waals surface area (Å²) in [6.45, 7) is 2.32. The molecule has 0 spiro atoms. The molecule has 0 heterocycles. The summed E-state index contributed by atoms with van der Waals surface area (Å²) in [5, 5.41) is 0. The van der Waals surface area contributed by atoms with Crippen molar-refractivity contribution in [3.05, 3.63) is 35.9 Å². The van der Waals surface area contributed by atoms with Gasteiger partial charge in [0.1, 0.15) is 0 Å². The van der Waals surface area contributed by atoms with Crippen LogP contribution in [0.25, 0.3) is 0 Å². The van der Waals surface area contributed by atoms with E-state index in [0.717, 1.165) is 10.5 Å². The lowest BCUT2D eigenvalue weighted by Crippen LogP contribution is -2.43. The third-order valence-corrected chi connectivity index (χ3v) is 3.02. The van der Waals surface area contributed by atoms with Crippen LogP contribution in [-0.4, -0.2) is 31.7 Å². The maximum atomic E-state index is 2.32. The maximum absolute atomic E-state index is 2.32. The van der Waals surface area contributed by atoms with Gasteiger partial charge in [-0.2, -0.15) is 0 Å². The second-order valence-electron chi connectivity index (χ2n) is 4.99. The van der Waals surface area contributed by atoms with Crippen LogP contribution in [0.5, 0.6) is 0 Å². The molecule has 0 bridgehead atoms. The Kier molecular flexibility index (Phi) is 3.70. The second kappa shape index (κ2) is 4.61. The first-order valence-corrected chi connectivity index (χ1v) is 5.35. The number of nitrogens with zero attached hydrogens (tertiary/aromatic N) is 1. The molecular weight excluding hydrogens is 170 g/mol. The van der Waals surface area contributed by atoms with Crippen LogP contribution in [0.15, 0.2) is 30.3 Å². The lowest BCUT2D eigenvalue weighted by molar-refractivity contribution is -0.894. The Morgan fingerprint density at radius 2 is 1.64 bits per heavy atom. The molecule has 1 unspecified atom stereocenters. The van der Waals surface area contributed by atoms with Gasteiger partial charge in [-0.3, -0.25) is 0 Å². The van der Waals surface area contributed by atoms with Crippen LogP contribution < -0.4 is 0 Å². The van der Waals surface area contributed by atoms with Crippen LogP contribution in [0.2, 0.25) is 0 Å². The highest BCUT2D eigenvalue weighted by Gasteiger charge is 2.17. The van der Waals surface area contributed by atoms with Gasteiger partial charge in [0.05, 0.1) is 27.2 Å². The minimum absolute atomic E-state index is 0.718. The lowest BCUT2D eigenvalue weighted by Gasteiger charge is -2.31. The van der Waals surface area contributed by atoms with E-state index in [9.17, 15) is 0 Å². The van der Waals surface area contributed by atoms with Gasteiger partial charge >= 0.3 is 0 Å². The second-order valence-corrected chi connectivity index (χ2v) is 4.99. The fraction of sp³-hybridized carbons (Fsp3) is 0.538. The maximum Gasteiger partial charge on any atom is 0.0858 e. The highest BCUT2D eigenvalue weighted by molar-refractivity contribution is 5.14. The van der Waals surface area contributed by atoms with Gasteiger partial charge in [0.25, 0.3) is 0 Å². The molecule has 0 amide bonds. The third kappa shape index (κ3) is 3.51. The predicted octanol–water partition coefficient (Wildman–Crippen LogP) is 2.71. The summed E-state index contributed by atoms with van der Waals surface area (Å²) >= 11 is 0. The van der Waals surface area contributed by atoms with Crippen LogP contribution in [0.1, 0.15) is 18.9 Å². The van der Waals surface area contributed by atoms with Crippen molar-refractivity contribution in [3.8, 4) is 0 Å². The van der Waals surface area contributed by atoms with Crippen molar-refractivity contribution < 1.29 is 4.48 Å². The summed E-state index contributed by atoms with van der Waals surface area (Å²) in [5.41, 5.74) is 1.45. The van der Waals surface area contributed by atoms with Crippen molar-refractivity contribution in [2.75, 3.05) is 21.1 Å². The smallest absolute Gasteiger partial charge is 0.0858 e. The van der Waals surface area contributed by atoms with Gasteiger partial charge in [0, 0.05) is 6.42 Å². The summed E-state index contributed by atoms with van der Waals surface area (Å²) < 4.78 is 1.05. The highest BCUT2D eigenvalue weighted by Crippen LogP contribution is 2.11. The Labute approximate surface area is 88.0 Å². The molecule has 0 aromatic heterocycles. The molecule has 0 fully saturated rings. The van der Waals surface area contributed by atoms with Gasteiger partial charge in [0.15, 0.2) is 0 Å². The molecule has 1 aromatic carbocycles. The first-order valence-electron chi connectivity index (χ1n) is 5.35. The minimum atomic E-state index is 0.718. The SMILES string of the molecule is CC(CCc1ccccc1)[N+](C)(C)C. The fourth-order valence-electron chi connectivity index (χ4n) is 1.41. The standard InChI is InChI=1S/C13H22N/c1-12(14(2,3)4)10-11-13-8-6-5-7-9-13/h5-9,12H,10-11H2,1-4H3/q+1. The molecule has 0 aliphatic rings. The van der Waals surface area contributed by atoms with Crippen molar-refractivity contribution in [3.63, 3.8) is 0 Å². The quantitative estimate of drug-likeness (QED) is 0.643. The molecule has 1 aromatic rings. The molecule has 1 nitrogen and oxygen atoms in total. The van der Waals surface area contributed by atoms with E-state index in [2.05, 4.69) is 58.4 Å². The highest BCUT2D eigenvalue weighted by atomic mass is 15.3. The zero-order valence-electron chi connectivity index (χ0n) is 9.83. The Hall–Kier alpha value is -0.820. The number of quaternary nitrogens is 1. The summed E-state index contributed by atoms with van der Waals surface area (Å²) in [7, 11) is 6.78. The van der Waals surface area contributed by atoms with Crippen molar-refractivity contribution in [1.29, 1.82) is 0 Å². The van der Waals surface area contributed by atoms with Crippen molar-refractivity contribution in [2.24, 2.45) is 0 Å². The summed E-state index contributed by atoms with van der Waals surface area (Å²) in [6, 6.07) is 11.4. The zero-order valence-corrected chi connectivity index (χ0v) is 9.83. The van der Waals surface area contributed by atoms with E-state index in [1.807, 2.05) is 0 Å². The zero-order chi connectivity index (χ0) is 10.6. The Morgan fingerprint density at radius 3 is 2.14 bits per heavy atom. The van der Waals surface area contributed by atoms with Crippen LogP contribution in [0, 0.1) is 0 Å². The molecule has 0 saturated heterocycles. The van der Waals surface area contributed by atoms with Gasteiger partial charge < -0.3 is 4.48 Å². The van der Waals surface area contributed by atoms with E-state index in [1.54, 1.807) is 0 Å². The Morgan fingerprint density at radius 1 is 1.07 bits per heavy atom. The molecule has 1 heteroatoms. The molecule has 1 rings (SSSR count). The summed E-state index contributed by atoms with van der Waals surface area (Å²) in [6.07, 6.45) is 2.45. The van der Waals surface area contributed by atoms with E-state index in [4.69, 9.17) is 0 Å². The molecule has 1 atom stereocenters. The largest absolute Gasteiger partial charge is 0.329 e. The van der Waals surface area contributed by atoms with E-state index >= 15 is 0 Å². The molecule has 0 aliphatic carbocycles. The van der Waals surface area contributed by atoms with Crippen LogP contribution in [0.4, 0.5) is 0 Å². The van der Waals surface area contributed by atoms with Crippen molar-refractivity contribution in [2.45, 2.75) is 25.8 Å². The lowest BCUT2D eigenvalue weighted by atomic mass is 10.1. The molecule has 0 aliphatic heterocycles. The van der Waals surface area contributed by atoms with Crippen LogP contribution in [0.3, 0.4) is 0 Å². The topological polar surface area (TPSA) is 0 Å². The first kappa shape index (κ1) is 11.3. The Bertz CT molecular complexity index is 258. The molecule has 0 N–H and O–H groups in total. The van der Waals surface area contributed by atoms with Crippen molar-refractivity contribution in [1.82, 2.24) is 0 Å². The van der Waals surface area contributed by atoms with E-state index in [-0.39, 0.29) is 0 Å². The van der Waals surface area contributed by atoms with Gasteiger partial charge in [-0.15, -0.1) is 0 Å². The molecule has 14 heavy (non-hydrogen) atoms. The average molecular weight is 192 g/mol. The van der Waals surface area contributed by atoms with Crippen LogP contribution >= 0.6 is 0 Å². The molecular formula is C13H22N+. The van der Waals surface area contributed by atoms with Gasteiger partial charge in [0.2, 0.25) is 0 Å². The Balaban J connectivity index is 2.42. The van der Waals surface area contributed by atoms with Gasteiger partial charge in [-0.05, 0) is 18.9 Å². The number of hydrogen-bond acceptors (Lipinski definition) is 0. The predicted molar refractivity (Wildman–Crippen MR) is 62.3 cm³/mol. The molecule has 0 radical (unpaired) electrons. The van der Waals surface area contributed by atoms with E-state index in [1.165, 1.54) is 18.4 Å². The molecule has 0 saturated carbocycles. The van der Waals surface area contributed by atoms with E-state index < -0.39 is 0 Å². The monoisotopic (exact) mass is 192 g/mol.